The summed E-state index contributed by atoms with van der Waals surface area (Å²) in [4.78, 5) is 24.6. The number of nitrogens with one attached hydrogen (secondary N) is 2. The summed E-state index contributed by atoms with van der Waals surface area (Å²) in [6, 6.07) is 13.8. The third-order valence-electron chi connectivity index (χ3n) is 5.10. The molecule has 0 heterocycles. The molecule has 0 aliphatic carbocycles. The van der Waals surface area contributed by atoms with Gasteiger partial charge in [0.05, 0.1) is 38.9 Å². The average molecular weight is 531 g/mol. The van der Waals surface area contributed by atoms with Gasteiger partial charge < -0.3 is 29.9 Å². The lowest BCUT2D eigenvalue weighted by Gasteiger charge is -2.21. The molecule has 0 spiro atoms. The topological polar surface area (TPSA) is 182 Å². The van der Waals surface area contributed by atoms with Crippen LogP contribution in [0.15, 0.2) is 58.7 Å². The van der Waals surface area contributed by atoms with Gasteiger partial charge >= 0.3 is 0 Å². The van der Waals surface area contributed by atoms with Gasteiger partial charge in [-0.15, -0.1) is 0 Å². The number of aliphatic hydroxyl groups excluding tert-OH is 4. The van der Waals surface area contributed by atoms with Gasteiger partial charge in [-0.3, -0.25) is 9.59 Å². The number of aliphatic hydroxyl groups is 4. The maximum absolute atomic E-state index is 12.4. The number of hydrogen-bond acceptors (Lipinski definition) is 10. The highest BCUT2D eigenvalue weighted by Gasteiger charge is 2.28. The fourth-order valence-corrected chi connectivity index (χ4v) is 3.15. The molecular weight excluding hydrogens is 496 g/mol. The summed E-state index contributed by atoms with van der Waals surface area (Å²) < 4.78 is 10.7. The number of benzene rings is 2. The lowest BCUT2D eigenvalue weighted by molar-refractivity contribution is -0.121. The van der Waals surface area contributed by atoms with Gasteiger partial charge in [0.25, 0.3) is 0 Å². The van der Waals surface area contributed by atoms with Crippen LogP contribution in [-0.4, -0.2) is 82.3 Å². The molecule has 2 aromatic rings. The highest BCUT2D eigenvalue weighted by Crippen LogP contribution is 2.13. The van der Waals surface area contributed by atoms with Gasteiger partial charge in [0.1, 0.15) is 35.5 Å². The van der Waals surface area contributed by atoms with Gasteiger partial charge in [-0.05, 0) is 49.2 Å². The van der Waals surface area contributed by atoms with Gasteiger partial charge in [-0.1, -0.05) is 24.3 Å². The molecule has 3 unspecified atom stereocenters. The van der Waals surface area contributed by atoms with E-state index in [9.17, 15) is 24.9 Å². The molecule has 12 heteroatoms. The number of amides is 2. The first-order valence-electron chi connectivity index (χ1n) is 12.0. The van der Waals surface area contributed by atoms with Gasteiger partial charge in [-0.25, -0.2) is 10.9 Å². The van der Waals surface area contributed by atoms with Crippen molar-refractivity contribution in [3.8, 4) is 11.5 Å². The monoisotopic (exact) mass is 530 g/mol. The number of rotatable bonds is 15. The standard InChI is InChI=1S/C26H34N4O8/c1-3-37-19-9-5-17(6-10-19)13-23(33)29-27-15-21(25(35)26(36)22(32)16-31)28-30-24(34)14-18-7-11-20(12-8-18)38-4-2/h5-12,15,22,25-26,31-32,35-36H,3-4,13-14,16H2,1-2H3,(H,29,33)(H,30,34)/b27-15-,28-21+. The number of hydrogen-bond donors (Lipinski definition) is 6. The predicted octanol–water partition coefficient (Wildman–Crippen LogP) is -0.0816. The summed E-state index contributed by atoms with van der Waals surface area (Å²) in [6.07, 6.45) is -4.48. The van der Waals surface area contributed by atoms with E-state index in [1.165, 1.54) is 0 Å². The summed E-state index contributed by atoms with van der Waals surface area (Å²) in [6.45, 7) is 3.94. The molecule has 2 aromatic carbocycles. The number of nitrogens with zero attached hydrogens (tertiary/aromatic N) is 2. The smallest absolute Gasteiger partial charge is 0.244 e. The average Bonchev–Trinajstić information content (AvgIpc) is 2.91. The van der Waals surface area contributed by atoms with Crippen LogP contribution in [0.1, 0.15) is 25.0 Å². The Hall–Kier alpha value is -3.84. The molecule has 2 amide bonds. The maximum atomic E-state index is 12.4. The molecule has 0 saturated heterocycles. The number of carbonyl (C=O) groups excluding carboxylic acids is 2. The highest BCUT2D eigenvalue weighted by molar-refractivity contribution is 6.32. The SMILES string of the molecule is CCOc1ccc(CC(=O)N/N=C\C(=N/NC(=O)Cc2ccc(OCC)cc2)C(O)C(O)C(O)CO)cc1. The Labute approximate surface area is 220 Å². The lowest BCUT2D eigenvalue weighted by Crippen LogP contribution is -2.45. The van der Waals surface area contributed by atoms with Crippen molar-refractivity contribution >= 4 is 23.7 Å². The third kappa shape index (κ3) is 10.3. The van der Waals surface area contributed by atoms with E-state index in [1.807, 2.05) is 13.8 Å². The first-order chi connectivity index (χ1) is 18.3. The molecule has 0 radical (unpaired) electrons. The van der Waals surface area contributed by atoms with E-state index < -0.39 is 36.7 Å². The van der Waals surface area contributed by atoms with E-state index in [-0.39, 0.29) is 18.6 Å². The molecular formula is C26H34N4O8. The second-order valence-electron chi connectivity index (χ2n) is 8.06. The summed E-state index contributed by atoms with van der Waals surface area (Å²) in [5.41, 5.74) is 5.53. The van der Waals surface area contributed by atoms with Gasteiger partial charge in [0, 0.05) is 0 Å². The van der Waals surface area contributed by atoms with Crippen LogP contribution in [0.5, 0.6) is 11.5 Å². The molecule has 0 saturated carbocycles. The van der Waals surface area contributed by atoms with Crippen LogP contribution in [0.3, 0.4) is 0 Å². The molecule has 6 N–H and O–H groups in total. The zero-order valence-electron chi connectivity index (χ0n) is 21.3. The Bertz CT molecular complexity index is 1070. The molecule has 0 bridgehead atoms. The van der Waals surface area contributed by atoms with Crippen molar-refractivity contribution in [3.63, 3.8) is 0 Å². The Balaban J connectivity index is 2.04. The van der Waals surface area contributed by atoms with Crippen LogP contribution >= 0.6 is 0 Å². The van der Waals surface area contributed by atoms with Crippen molar-refractivity contribution in [2.24, 2.45) is 10.2 Å². The molecule has 0 aliphatic heterocycles. The second kappa shape index (κ2) is 16.1. The Morgan fingerprint density at radius 1 is 0.842 bits per heavy atom. The van der Waals surface area contributed by atoms with Gasteiger partial charge in [0.2, 0.25) is 11.8 Å². The molecule has 3 atom stereocenters. The molecule has 0 aromatic heterocycles. The first-order valence-corrected chi connectivity index (χ1v) is 12.0. The third-order valence-corrected chi connectivity index (χ3v) is 5.10. The predicted molar refractivity (Wildman–Crippen MR) is 140 cm³/mol. The minimum atomic E-state index is -1.84. The number of carbonyl (C=O) groups is 2. The van der Waals surface area contributed by atoms with Crippen LogP contribution in [0.2, 0.25) is 0 Å². The first kappa shape index (κ1) is 30.4. The van der Waals surface area contributed by atoms with Crippen LogP contribution in [0.4, 0.5) is 0 Å². The van der Waals surface area contributed by atoms with Crippen molar-refractivity contribution in [1.82, 2.24) is 10.9 Å². The van der Waals surface area contributed by atoms with E-state index in [0.29, 0.717) is 35.8 Å². The summed E-state index contributed by atoms with van der Waals surface area (Å²) >= 11 is 0. The molecule has 0 fully saturated rings. The van der Waals surface area contributed by atoms with Crippen LogP contribution in [0.25, 0.3) is 0 Å². The highest BCUT2D eigenvalue weighted by atomic mass is 16.5. The van der Waals surface area contributed by atoms with E-state index in [0.717, 1.165) is 6.21 Å². The van der Waals surface area contributed by atoms with Crippen molar-refractivity contribution in [2.75, 3.05) is 19.8 Å². The summed E-state index contributed by atoms with van der Waals surface area (Å²) in [7, 11) is 0. The van der Waals surface area contributed by atoms with E-state index >= 15 is 0 Å². The van der Waals surface area contributed by atoms with Crippen LogP contribution in [0, 0.1) is 0 Å². The van der Waals surface area contributed by atoms with Crippen LogP contribution in [-0.2, 0) is 22.4 Å². The molecule has 38 heavy (non-hydrogen) atoms. The minimum Gasteiger partial charge on any atom is -0.494 e. The Morgan fingerprint density at radius 3 is 1.76 bits per heavy atom. The fourth-order valence-electron chi connectivity index (χ4n) is 3.15. The zero-order valence-corrected chi connectivity index (χ0v) is 21.3. The van der Waals surface area contributed by atoms with E-state index in [1.54, 1.807) is 48.5 Å². The van der Waals surface area contributed by atoms with E-state index in [4.69, 9.17) is 14.6 Å². The number of ether oxygens (including phenoxy) is 2. The van der Waals surface area contributed by atoms with Crippen molar-refractivity contribution in [3.05, 3.63) is 59.7 Å². The quantitative estimate of drug-likeness (QED) is 0.136. The molecule has 0 aliphatic rings. The normalized spacial score (nSPS) is 14.0. The van der Waals surface area contributed by atoms with E-state index in [2.05, 4.69) is 21.1 Å². The summed E-state index contributed by atoms with van der Waals surface area (Å²) in [5, 5.41) is 46.7. The second-order valence-corrected chi connectivity index (χ2v) is 8.06. The fraction of sp³-hybridized carbons (Fsp3) is 0.385. The largest absolute Gasteiger partial charge is 0.494 e. The Kier molecular flexibility index (Phi) is 12.9. The summed E-state index contributed by atoms with van der Waals surface area (Å²) in [5.74, 6) is 0.328. The Morgan fingerprint density at radius 2 is 1.32 bits per heavy atom. The van der Waals surface area contributed by atoms with Gasteiger partial charge in [0.15, 0.2) is 0 Å². The van der Waals surface area contributed by atoms with Crippen molar-refractivity contribution < 1.29 is 39.5 Å². The van der Waals surface area contributed by atoms with Gasteiger partial charge in [-0.2, -0.15) is 10.2 Å². The maximum Gasteiger partial charge on any atom is 0.244 e. The zero-order chi connectivity index (χ0) is 27.9. The minimum absolute atomic E-state index is 0.00342. The van der Waals surface area contributed by atoms with Crippen molar-refractivity contribution in [2.45, 2.75) is 45.0 Å². The number of hydrazone groups is 2. The van der Waals surface area contributed by atoms with Crippen molar-refractivity contribution in [1.29, 1.82) is 0 Å². The molecule has 12 nitrogen and oxygen atoms in total. The lowest BCUT2D eigenvalue weighted by atomic mass is 10.0. The molecule has 206 valence electrons. The molecule has 2 rings (SSSR count). The van der Waals surface area contributed by atoms with Crippen LogP contribution < -0.4 is 20.3 Å².